The standard InChI is InChI=1S/C26H29N5O/c1-5-30(6-2)20-14-12-19(13-15-20)28-26(32)22-16-25(23-17-27-31(7-3)18(23)4)29-24-11-9-8-10-21(22)24/h8-17H,5-7H2,1-4H3,(H,28,32). The monoisotopic (exact) mass is 427 g/mol. The predicted molar refractivity (Wildman–Crippen MR) is 131 cm³/mol. The number of nitrogens with one attached hydrogen (secondary N) is 1. The molecule has 0 fully saturated rings. The number of benzene rings is 2. The summed E-state index contributed by atoms with van der Waals surface area (Å²) in [4.78, 5) is 20.4. The lowest BCUT2D eigenvalue weighted by molar-refractivity contribution is 0.102. The molecule has 0 spiro atoms. The number of aryl methyl sites for hydroxylation is 1. The van der Waals surface area contributed by atoms with E-state index in [9.17, 15) is 4.79 Å². The Bertz CT molecular complexity index is 1240. The van der Waals surface area contributed by atoms with E-state index in [2.05, 4.69) is 36.1 Å². The quantitative estimate of drug-likeness (QED) is 0.421. The molecule has 2 aromatic heterocycles. The van der Waals surface area contributed by atoms with Gasteiger partial charge in [0, 0.05) is 47.7 Å². The minimum atomic E-state index is -0.152. The summed E-state index contributed by atoms with van der Waals surface area (Å²) in [6.07, 6.45) is 1.82. The Morgan fingerprint density at radius 3 is 2.41 bits per heavy atom. The molecule has 0 saturated heterocycles. The van der Waals surface area contributed by atoms with Gasteiger partial charge in [-0.3, -0.25) is 9.48 Å². The molecule has 1 N–H and O–H groups in total. The maximum absolute atomic E-state index is 13.3. The van der Waals surface area contributed by atoms with Gasteiger partial charge in [-0.15, -0.1) is 0 Å². The maximum atomic E-state index is 13.3. The molecule has 0 aliphatic heterocycles. The molecule has 0 aliphatic rings. The van der Waals surface area contributed by atoms with Gasteiger partial charge in [-0.2, -0.15) is 5.10 Å². The van der Waals surface area contributed by atoms with Gasteiger partial charge in [-0.25, -0.2) is 4.98 Å². The smallest absolute Gasteiger partial charge is 0.256 e. The molecule has 0 atom stereocenters. The molecule has 2 aromatic carbocycles. The van der Waals surface area contributed by atoms with E-state index >= 15 is 0 Å². The summed E-state index contributed by atoms with van der Waals surface area (Å²) in [5.74, 6) is -0.152. The van der Waals surface area contributed by atoms with Gasteiger partial charge in [0.05, 0.1) is 23.0 Å². The number of para-hydroxylation sites is 1. The Balaban J connectivity index is 1.70. The molecule has 1 amide bonds. The van der Waals surface area contributed by atoms with E-state index in [1.807, 2.05) is 72.4 Å². The van der Waals surface area contributed by atoms with Crippen LogP contribution in [0.25, 0.3) is 22.2 Å². The van der Waals surface area contributed by atoms with E-state index in [1.165, 1.54) is 0 Å². The fraction of sp³-hybridized carbons (Fsp3) is 0.269. The Kier molecular flexibility index (Phi) is 6.21. The second-order valence-corrected chi connectivity index (χ2v) is 7.70. The minimum absolute atomic E-state index is 0.152. The van der Waals surface area contributed by atoms with Crippen LogP contribution in [0.2, 0.25) is 0 Å². The first-order valence-electron chi connectivity index (χ1n) is 11.1. The summed E-state index contributed by atoms with van der Waals surface area (Å²) in [6, 6.07) is 17.6. The number of amides is 1. The second-order valence-electron chi connectivity index (χ2n) is 7.70. The molecular weight excluding hydrogens is 398 g/mol. The highest BCUT2D eigenvalue weighted by Gasteiger charge is 2.17. The number of hydrogen-bond acceptors (Lipinski definition) is 4. The zero-order valence-electron chi connectivity index (χ0n) is 19.1. The lowest BCUT2D eigenvalue weighted by Gasteiger charge is -2.21. The lowest BCUT2D eigenvalue weighted by atomic mass is 10.0. The van der Waals surface area contributed by atoms with Crippen molar-refractivity contribution in [2.45, 2.75) is 34.2 Å². The van der Waals surface area contributed by atoms with Gasteiger partial charge in [0.1, 0.15) is 0 Å². The Morgan fingerprint density at radius 1 is 1.03 bits per heavy atom. The van der Waals surface area contributed by atoms with Gasteiger partial charge in [0.2, 0.25) is 0 Å². The molecule has 4 aromatic rings. The van der Waals surface area contributed by atoms with Crippen LogP contribution in [0.1, 0.15) is 36.8 Å². The maximum Gasteiger partial charge on any atom is 0.256 e. The lowest BCUT2D eigenvalue weighted by Crippen LogP contribution is -2.21. The average Bonchev–Trinajstić information content (AvgIpc) is 3.20. The number of nitrogens with zero attached hydrogens (tertiary/aromatic N) is 4. The van der Waals surface area contributed by atoms with Gasteiger partial charge in [-0.05, 0) is 64.1 Å². The van der Waals surface area contributed by atoms with Crippen LogP contribution >= 0.6 is 0 Å². The highest BCUT2D eigenvalue weighted by molar-refractivity contribution is 6.13. The third-order valence-electron chi connectivity index (χ3n) is 5.89. The molecule has 164 valence electrons. The van der Waals surface area contributed by atoms with Gasteiger partial charge >= 0.3 is 0 Å². The molecule has 0 radical (unpaired) electrons. The van der Waals surface area contributed by atoms with Crippen molar-refractivity contribution in [2.75, 3.05) is 23.3 Å². The van der Waals surface area contributed by atoms with Gasteiger partial charge < -0.3 is 10.2 Å². The number of carbonyl (C=O) groups is 1. The van der Waals surface area contributed by atoms with E-state index in [1.54, 1.807) is 0 Å². The third kappa shape index (κ3) is 4.08. The topological polar surface area (TPSA) is 63.1 Å². The molecular formula is C26H29N5O. The first kappa shape index (κ1) is 21.6. The van der Waals surface area contributed by atoms with Crippen LogP contribution in [0.3, 0.4) is 0 Å². The first-order chi connectivity index (χ1) is 15.5. The van der Waals surface area contributed by atoms with E-state index in [0.29, 0.717) is 5.56 Å². The van der Waals surface area contributed by atoms with Gasteiger partial charge in [0.15, 0.2) is 0 Å². The van der Waals surface area contributed by atoms with E-state index in [-0.39, 0.29) is 5.91 Å². The van der Waals surface area contributed by atoms with Gasteiger partial charge in [0.25, 0.3) is 5.91 Å². The number of pyridine rings is 1. The summed E-state index contributed by atoms with van der Waals surface area (Å²) in [6.45, 7) is 11.0. The van der Waals surface area contributed by atoms with Crippen LogP contribution in [-0.2, 0) is 6.54 Å². The molecule has 0 aliphatic carbocycles. The summed E-state index contributed by atoms with van der Waals surface area (Å²) < 4.78 is 1.93. The molecule has 6 heteroatoms. The number of hydrogen-bond donors (Lipinski definition) is 1. The molecule has 0 bridgehead atoms. The highest BCUT2D eigenvalue weighted by atomic mass is 16.1. The van der Waals surface area contributed by atoms with Crippen LogP contribution in [0.5, 0.6) is 0 Å². The predicted octanol–water partition coefficient (Wildman–Crippen LogP) is 5.53. The molecule has 2 heterocycles. The minimum Gasteiger partial charge on any atom is -0.372 e. The van der Waals surface area contributed by atoms with Crippen LogP contribution in [0.4, 0.5) is 11.4 Å². The summed E-state index contributed by atoms with van der Waals surface area (Å²) in [5.41, 5.74) is 6.03. The summed E-state index contributed by atoms with van der Waals surface area (Å²) in [5, 5.41) is 8.33. The zero-order chi connectivity index (χ0) is 22.7. The van der Waals surface area contributed by atoms with Crippen LogP contribution in [0, 0.1) is 6.92 Å². The summed E-state index contributed by atoms with van der Waals surface area (Å²) >= 11 is 0. The van der Waals surface area contributed by atoms with E-state index < -0.39 is 0 Å². The second kappa shape index (κ2) is 9.22. The van der Waals surface area contributed by atoms with Crippen molar-refractivity contribution in [2.24, 2.45) is 0 Å². The van der Waals surface area contributed by atoms with Crippen molar-refractivity contribution in [1.82, 2.24) is 14.8 Å². The molecule has 32 heavy (non-hydrogen) atoms. The largest absolute Gasteiger partial charge is 0.372 e. The zero-order valence-corrected chi connectivity index (χ0v) is 19.1. The van der Waals surface area contributed by atoms with Crippen LogP contribution in [-0.4, -0.2) is 33.8 Å². The third-order valence-corrected chi connectivity index (χ3v) is 5.89. The fourth-order valence-corrected chi connectivity index (χ4v) is 4.06. The number of carbonyl (C=O) groups excluding carboxylic acids is 1. The van der Waals surface area contributed by atoms with Crippen molar-refractivity contribution < 1.29 is 4.79 Å². The van der Waals surface area contributed by atoms with Crippen LogP contribution in [0.15, 0.2) is 60.8 Å². The number of anilines is 2. The SMILES string of the molecule is CCN(CC)c1ccc(NC(=O)c2cc(-c3cnn(CC)c3C)nc3ccccc23)cc1. The van der Waals surface area contributed by atoms with Crippen molar-refractivity contribution in [3.63, 3.8) is 0 Å². The molecule has 6 nitrogen and oxygen atoms in total. The highest BCUT2D eigenvalue weighted by Crippen LogP contribution is 2.28. The van der Waals surface area contributed by atoms with Crippen molar-refractivity contribution in [1.29, 1.82) is 0 Å². The Labute approximate surface area is 188 Å². The number of rotatable bonds is 7. The Hall–Kier alpha value is -3.67. The van der Waals surface area contributed by atoms with E-state index in [4.69, 9.17) is 4.98 Å². The molecule has 0 unspecified atom stereocenters. The normalized spacial score (nSPS) is 11.0. The summed E-state index contributed by atoms with van der Waals surface area (Å²) in [7, 11) is 0. The van der Waals surface area contributed by atoms with Crippen molar-refractivity contribution in [3.05, 3.63) is 72.1 Å². The van der Waals surface area contributed by atoms with Gasteiger partial charge in [-0.1, -0.05) is 18.2 Å². The van der Waals surface area contributed by atoms with Crippen LogP contribution < -0.4 is 10.2 Å². The molecule has 0 saturated carbocycles. The molecule has 4 rings (SSSR count). The number of fused-ring (bicyclic) bond motifs is 1. The number of aromatic nitrogens is 3. The average molecular weight is 428 g/mol. The van der Waals surface area contributed by atoms with Crippen molar-refractivity contribution >= 4 is 28.2 Å². The van der Waals surface area contributed by atoms with E-state index in [0.717, 1.165) is 58.9 Å². The fourth-order valence-electron chi connectivity index (χ4n) is 4.06. The Morgan fingerprint density at radius 2 is 1.75 bits per heavy atom. The first-order valence-corrected chi connectivity index (χ1v) is 11.1. The van der Waals surface area contributed by atoms with Crippen molar-refractivity contribution in [3.8, 4) is 11.3 Å².